The highest BCUT2D eigenvalue weighted by Crippen LogP contribution is 2.28. The van der Waals surface area contributed by atoms with Crippen LogP contribution in [0.5, 0.6) is 0 Å². The molecule has 6 N–H and O–H groups in total. The zero-order valence-corrected chi connectivity index (χ0v) is 10.9. The largest absolute Gasteiger partial charge is 0.370 e. The highest BCUT2D eigenvalue weighted by atomic mass is 16.1. The first-order chi connectivity index (χ1) is 8.45. The van der Waals surface area contributed by atoms with Gasteiger partial charge in [-0.25, -0.2) is 15.8 Å². The highest BCUT2D eigenvalue weighted by molar-refractivity contribution is 5.75. The number of hydrogen-bond donors (Lipinski definition) is 4. The normalized spacial score (nSPS) is 12.3. The van der Waals surface area contributed by atoms with Crippen LogP contribution in [-0.4, -0.2) is 21.9 Å². The average Bonchev–Trinajstić information content (AvgIpc) is 2.26. The Morgan fingerprint density at radius 1 is 1.33 bits per heavy atom. The molecule has 1 aromatic rings. The third-order valence-corrected chi connectivity index (χ3v) is 2.49. The maximum Gasteiger partial charge on any atom is 0.219 e. The molecule has 18 heavy (non-hydrogen) atoms. The van der Waals surface area contributed by atoms with Crippen molar-refractivity contribution in [2.45, 2.75) is 39.2 Å². The summed E-state index contributed by atoms with van der Waals surface area (Å²) in [5.74, 6) is 6.51. The Kier molecular flexibility index (Phi) is 4.85. The fourth-order valence-corrected chi connectivity index (χ4v) is 1.76. The summed E-state index contributed by atoms with van der Waals surface area (Å²) in [4.78, 5) is 19.1. The van der Waals surface area contributed by atoms with Gasteiger partial charge < -0.3 is 16.5 Å². The maximum absolute atomic E-state index is 10.9. The number of nitrogens with one attached hydrogen (secondary N) is 2. The van der Waals surface area contributed by atoms with Crippen molar-refractivity contribution in [2.75, 3.05) is 10.7 Å². The number of nitrogens with two attached hydrogens (primary N) is 2. The molecule has 100 valence electrons. The number of anilines is 2. The number of nitrogen functional groups attached to an aromatic ring is 1. The Labute approximate surface area is 106 Å². The predicted molar refractivity (Wildman–Crippen MR) is 70.8 cm³/mol. The SMILES string of the molecule is CC(CC(N)=O)Nc1ncnc(NN)c1C(C)C. The minimum Gasteiger partial charge on any atom is -0.370 e. The van der Waals surface area contributed by atoms with E-state index in [1.807, 2.05) is 20.8 Å². The molecule has 0 aliphatic rings. The zero-order valence-electron chi connectivity index (χ0n) is 10.9. The molecular formula is C11H20N6O. The lowest BCUT2D eigenvalue weighted by Crippen LogP contribution is -2.25. The first-order valence-corrected chi connectivity index (χ1v) is 5.82. The molecule has 0 saturated heterocycles. The van der Waals surface area contributed by atoms with Crippen molar-refractivity contribution in [1.82, 2.24) is 9.97 Å². The van der Waals surface area contributed by atoms with E-state index >= 15 is 0 Å². The van der Waals surface area contributed by atoms with Gasteiger partial charge in [0, 0.05) is 18.0 Å². The Bertz CT molecular complexity index is 420. The van der Waals surface area contributed by atoms with E-state index in [-0.39, 0.29) is 24.3 Å². The molecular weight excluding hydrogens is 232 g/mol. The second-order valence-corrected chi connectivity index (χ2v) is 4.50. The van der Waals surface area contributed by atoms with Gasteiger partial charge in [-0.05, 0) is 12.8 Å². The molecule has 0 saturated carbocycles. The molecule has 0 aliphatic heterocycles. The minimum absolute atomic E-state index is 0.0967. The van der Waals surface area contributed by atoms with Gasteiger partial charge in [-0.15, -0.1) is 0 Å². The van der Waals surface area contributed by atoms with Crippen molar-refractivity contribution < 1.29 is 4.79 Å². The molecule has 1 unspecified atom stereocenters. The Hall–Kier alpha value is -1.89. The first kappa shape index (κ1) is 14.2. The lowest BCUT2D eigenvalue weighted by atomic mass is 10.0. The summed E-state index contributed by atoms with van der Waals surface area (Å²) in [5, 5.41) is 3.15. The number of amides is 1. The number of primary amides is 1. The van der Waals surface area contributed by atoms with Crippen LogP contribution in [-0.2, 0) is 4.79 Å². The van der Waals surface area contributed by atoms with Gasteiger partial charge in [0.2, 0.25) is 5.91 Å². The van der Waals surface area contributed by atoms with Crippen LogP contribution in [0.1, 0.15) is 38.7 Å². The topological polar surface area (TPSA) is 119 Å². The van der Waals surface area contributed by atoms with E-state index in [0.29, 0.717) is 11.6 Å². The van der Waals surface area contributed by atoms with Crippen molar-refractivity contribution >= 4 is 17.5 Å². The summed E-state index contributed by atoms with van der Waals surface area (Å²) >= 11 is 0. The van der Waals surface area contributed by atoms with E-state index in [2.05, 4.69) is 20.7 Å². The number of aromatic nitrogens is 2. The van der Waals surface area contributed by atoms with Crippen LogP contribution in [0.2, 0.25) is 0 Å². The third-order valence-electron chi connectivity index (χ3n) is 2.49. The van der Waals surface area contributed by atoms with Gasteiger partial charge in [-0.3, -0.25) is 4.79 Å². The average molecular weight is 252 g/mol. The van der Waals surface area contributed by atoms with Crippen LogP contribution >= 0.6 is 0 Å². The molecule has 0 bridgehead atoms. The van der Waals surface area contributed by atoms with Crippen molar-refractivity contribution in [2.24, 2.45) is 11.6 Å². The van der Waals surface area contributed by atoms with Crippen LogP contribution in [0.25, 0.3) is 0 Å². The van der Waals surface area contributed by atoms with Gasteiger partial charge in [0.1, 0.15) is 18.0 Å². The molecule has 7 heteroatoms. The first-order valence-electron chi connectivity index (χ1n) is 5.82. The Morgan fingerprint density at radius 3 is 2.44 bits per heavy atom. The fourth-order valence-electron chi connectivity index (χ4n) is 1.76. The lowest BCUT2D eigenvalue weighted by Gasteiger charge is -2.19. The second-order valence-electron chi connectivity index (χ2n) is 4.50. The molecule has 0 aromatic carbocycles. The molecule has 1 atom stereocenters. The van der Waals surface area contributed by atoms with E-state index in [9.17, 15) is 4.79 Å². The van der Waals surface area contributed by atoms with E-state index in [1.165, 1.54) is 6.33 Å². The Balaban J connectivity index is 2.97. The third kappa shape index (κ3) is 3.56. The summed E-state index contributed by atoms with van der Waals surface area (Å²) in [7, 11) is 0. The summed E-state index contributed by atoms with van der Waals surface area (Å²) in [6.45, 7) is 5.90. The van der Waals surface area contributed by atoms with Gasteiger partial charge in [0.25, 0.3) is 0 Å². The molecule has 7 nitrogen and oxygen atoms in total. The van der Waals surface area contributed by atoms with E-state index in [4.69, 9.17) is 11.6 Å². The fraction of sp³-hybridized carbons (Fsp3) is 0.545. The van der Waals surface area contributed by atoms with Crippen molar-refractivity contribution in [3.8, 4) is 0 Å². The van der Waals surface area contributed by atoms with Crippen molar-refractivity contribution in [1.29, 1.82) is 0 Å². The van der Waals surface area contributed by atoms with Crippen LogP contribution < -0.4 is 22.3 Å². The standard InChI is InChI=1S/C11H20N6O/c1-6(2)9-10(14-5-15-11(9)17-13)16-7(3)4-8(12)18/h5-7H,4,13H2,1-3H3,(H2,12,18)(H2,14,15,16,17). The van der Waals surface area contributed by atoms with E-state index in [0.717, 1.165) is 5.56 Å². The molecule has 0 fully saturated rings. The molecule has 1 aromatic heterocycles. The number of hydrogen-bond acceptors (Lipinski definition) is 6. The molecule has 1 rings (SSSR count). The van der Waals surface area contributed by atoms with Crippen LogP contribution in [0, 0.1) is 0 Å². The number of rotatable bonds is 6. The molecule has 0 spiro atoms. The summed E-state index contributed by atoms with van der Waals surface area (Å²) in [6, 6.07) is -0.0967. The number of hydrazine groups is 1. The molecule has 1 heterocycles. The second kappa shape index (κ2) is 6.15. The van der Waals surface area contributed by atoms with Gasteiger partial charge in [-0.2, -0.15) is 0 Å². The number of carbonyl (C=O) groups is 1. The van der Waals surface area contributed by atoms with Crippen molar-refractivity contribution in [3.63, 3.8) is 0 Å². The monoisotopic (exact) mass is 252 g/mol. The van der Waals surface area contributed by atoms with Crippen LogP contribution in [0.4, 0.5) is 11.6 Å². The predicted octanol–water partition coefficient (Wildman–Crippen LogP) is 0.561. The number of nitrogens with zero attached hydrogens (tertiary/aromatic N) is 2. The van der Waals surface area contributed by atoms with E-state index < -0.39 is 0 Å². The van der Waals surface area contributed by atoms with Gasteiger partial charge in [0.15, 0.2) is 0 Å². The minimum atomic E-state index is -0.354. The smallest absolute Gasteiger partial charge is 0.219 e. The van der Waals surface area contributed by atoms with Crippen LogP contribution in [0.15, 0.2) is 6.33 Å². The lowest BCUT2D eigenvalue weighted by molar-refractivity contribution is -0.118. The quantitative estimate of drug-likeness (QED) is 0.434. The van der Waals surface area contributed by atoms with Gasteiger partial charge >= 0.3 is 0 Å². The van der Waals surface area contributed by atoms with E-state index in [1.54, 1.807) is 0 Å². The zero-order chi connectivity index (χ0) is 13.7. The Morgan fingerprint density at radius 2 is 1.94 bits per heavy atom. The highest BCUT2D eigenvalue weighted by Gasteiger charge is 2.16. The molecule has 0 radical (unpaired) electrons. The van der Waals surface area contributed by atoms with Crippen LogP contribution in [0.3, 0.4) is 0 Å². The molecule has 1 amide bonds. The van der Waals surface area contributed by atoms with Crippen molar-refractivity contribution in [3.05, 3.63) is 11.9 Å². The molecule has 0 aliphatic carbocycles. The van der Waals surface area contributed by atoms with Gasteiger partial charge in [0.05, 0.1) is 0 Å². The van der Waals surface area contributed by atoms with Gasteiger partial charge in [-0.1, -0.05) is 13.8 Å². The maximum atomic E-state index is 10.9. The number of carbonyl (C=O) groups excluding carboxylic acids is 1. The summed E-state index contributed by atoms with van der Waals surface area (Å²) in [6.07, 6.45) is 1.66. The summed E-state index contributed by atoms with van der Waals surface area (Å²) < 4.78 is 0. The summed E-state index contributed by atoms with van der Waals surface area (Å²) in [5.41, 5.74) is 8.59.